The SMILES string of the molecule is CC(C)(N=Cc1ccccc1O)C(C)(C)N=Cc1ccccc1O.Oc1ccccc1C=NCCCN=Cc1ccccc1O.Oc1ccccc1C=NCCN=Cc1ccccc1O.[Pt].[Pt].[Pt]. The Kier molecular flexibility index (Phi) is 28.4. The molecule has 0 aliphatic rings. The Bertz CT molecular complexity index is 2420. The van der Waals surface area contributed by atoms with Gasteiger partial charge in [0.25, 0.3) is 0 Å². The van der Waals surface area contributed by atoms with Crippen LogP contribution in [0.5, 0.6) is 34.5 Å². The minimum Gasteiger partial charge on any atom is -0.507 e. The van der Waals surface area contributed by atoms with Crippen LogP contribution in [0.25, 0.3) is 0 Å². The molecule has 0 saturated heterocycles. The first-order valence-electron chi connectivity index (χ1n) is 21.0. The zero-order valence-electron chi connectivity index (χ0n) is 38.2. The van der Waals surface area contributed by atoms with E-state index >= 15 is 0 Å². The van der Waals surface area contributed by atoms with Gasteiger partial charge < -0.3 is 30.6 Å². The van der Waals surface area contributed by atoms with Gasteiger partial charge in [0.2, 0.25) is 0 Å². The van der Waals surface area contributed by atoms with Crippen molar-refractivity contribution in [3.05, 3.63) is 179 Å². The van der Waals surface area contributed by atoms with Crippen LogP contribution in [-0.2, 0) is 63.2 Å². The van der Waals surface area contributed by atoms with E-state index in [1.807, 2.05) is 88.4 Å². The summed E-state index contributed by atoms with van der Waals surface area (Å²) in [5, 5.41) is 57.9. The molecule has 0 aromatic heterocycles. The van der Waals surface area contributed by atoms with Crippen molar-refractivity contribution in [2.75, 3.05) is 26.2 Å². The van der Waals surface area contributed by atoms with Crippen molar-refractivity contribution in [2.24, 2.45) is 30.0 Å². The van der Waals surface area contributed by atoms with Crippen LogP contribution in [0, 0.1) is 0 Å². The molecular weight excluding hydrogens is 1400 g/mol. The molecule has 68 heavy (non-hydrogen) atoms. The predicted molar refractivity (Wildman–Crippen MR) is 266 cm³/mol. The molecule has 6 N–H and O–H groups in total. The molecule has 12 nitrogen and oxygen atoms in total. The Morgan fingerprint density at radius 2 is 0.500 bits per heavy atom. The summed E-state index contributed by atoms with van der Waals surface area (Å²) in [4.78, 5) is 26.2. The third-order valence-corrected chi connectivity index (χ3v) is 10.0. The second-order valence-electron chi connectivity index (χ2n) is 15.5. The molecule has 0 aliphatic heterocycles. The van der Waals surface area contributed by atoms with E-state index in [-0.39, 0.29) is 97.7 Å². The molecule has 0 radical (unpaired) electrons. The summed E-state index contributed by atoms with van der Waals surface area (Å²) in [6.45, 7) is 10.3. The van der Waals surface area contributed by atoms with Gasteiger partial charge >= 0.3 is 0 Å². The minimum absolute atomic E-state index is 0. The Morgan fingerprint density at radius 3 is 0.721 bits per heavy atom. The van der Waals surface area contributed by atoms with E-state index in [1.165, 1.54) is 0 Å². The summed E-state index contributed by atoms with van der Waals surface area (Å²) in [5.74, 6) is 1.31. The Labute approximate surface area is 442 Å². The fourth-order valence-electron chi connectivity index (χ4n) is 5.38. The third-order valence-electron chi connectivity index (χ3n) is 10.0. The van der Waals surface area contributed by atoms with Gasteiger partial charge in [0.05, 0.1) is 24.2 Å². The van der Waals surface area contributed by atoms with Crippen molar-refractivity contribution in [3.63, 3.8) is 0 Å². The molecule has 0 spiro atoms. The third kappa shape index (κ3) is 21.0. The molecule has 0 saturated carbocycles. The van der Waals surface area contributed by atoms with Gasteiger partial charge in [-0.15, -0.1) is 0 Å². The van der Waals surface area contributed by atoms with E-state index in [0.717, 1.165) is 17.5 Å². The molecule has 6 rings (SSSR count). The number of aromatic hydroxyl groups is 6. The topological polar surface area (TPSA) is 196 Å². The summed E-state index contributed by atoms with van der Waals surface area (Å²) >= 11 is 0. The van der Waals surface area contributed by atoms with E-state index in [4.69, 9.17) is 0 Å². The summed E-state index contributed by atoms with van der Waals surface area (Å²) in [6.07, 6.45) is 10.8. The number of phenolic OH excluding ortho intramolecular Hbond substituents is 6. The zero-order valence-corrected chi connectivity index (χ0v) is 45.0. The molecule has 6 aromatic carbocycles. The van der Waals surface area contributed by atoms with Gasteiger partial charge in [0.1, 0.15) is 34.5 Å². The molecule has 0 heterocycles. The number of hydrogen-bond acceptors (Lipinski definition) is 12. The van der Waals surface area contributed by atoms with Gasteiger partial charge in [-0.1, -0.05) is 72.8 Å². The van der Waals surface area contributed by atoms with Crippen LogP contribution in [0.15, 0.2) is 176 Å². The summed E-state index contributed by atoms with van der Waals surface area (Å²) < 4.78 is 0. The molecule has 0 atom stereocenters. The number of phenols is 6. The van der Waals surface area contributed by atoms with E-state index in [9.17, 15) is 30.6 Å². The monoisotopic (exact) mass is 1460 g/mol. The molecular formula is C53H58N6O6Pt3. The predicted octanol–water partition coefficient (Wildman–Crippen LogP) is 9.85. The van der Waals surface area contributed by atoms with Crippen molar-refractivity contribution in [3.8, 4) is 34.5 Å². The molecule has 366 valence electrons. The quantitative estimate of drug-likeness (QED) is 0.0412. The molecule has 15 heteroatoms. The van der Waals surface area contributed by atoms with Gasteiger partial charge in [-0.3, -0.25) is 30.0 Å². The van der Waals surface area contributed by atoms with Crippen LogP contribution in [0.1, 0.15) is 67.5 Å². The van der Waals surface area contributed by atoms with E-state index in [0.29, 0.717) is 48.4 Å². The number of benzene rings is 6. The first kappa shape index (κ1) is 60.2. The van der Waals surface area contributed by atoms with Crippen LogP contribution >= 0.6 is 0 Å². The summed E-state index contributed by atoms with van der Waals surface area (Å²) in [6, 6.07) is 42.4. The standard InChI is InChI=1S/C20H24N2O2.C17H18N2O2.C16H16N2O2.3Pt/c1-19(2,21-13-15-9-5-7-11-17(15)23)20(3,4)22-14-16-10-6-8-12-18(16)24;20-16-8-3-1-6-14(16)12-18-10-5-11-19-13-15-7-2-4-9-17(15)21;19-15-7-3-1-5-13(15)11-17-9-10-18-12-14-6-2-4-8-16(14)20;;;/h5-14,23-24H,1-4H3;1-4,6-9,12-13,20-21H,5,10-11H2;1-8,11-12,19-20H,9-10H2;;;. The zero-order chi connectivity index (χ0) is 46.9. The van der Waals surface area contributed by atoms with Gasteiger partial charge in [0.15, 0.2) is 0 Å². The van der Waals surface area contributed by atoms with Crippen LogP contribution in [0.4, 0.5) is 0 Å². The van der Waals surface area contributed by atoms with Crippen molar-refractivity contribution in [1.82, 2.24) is 0 Å². The summed E-state index contributed by atoms with van der Waals surface area (Å²) in [7, 11) is 0. The Hall–Kier alpha value is -5.80. The number of hydrogen-bond donors (Lipinski definition) is 6. The fourth-order valence-corrected chi connectivity index (χ4v) is 5.38. The summed E-state index contributed by atoms with van der Waals surface area (Å²) in [5.41, 5.74) is 3.16. The fraction of sp³-hybridized carbons (Fsp3) is 0.208. The maximum atomic E-state index is 9.84. The van der Waals surface area contributed by atoms with Crippen molar-refractivity contribution in [1.29, 1.82) is 0 Å². The van der Waals surface area contributed by atoms with Crippen LogP contribution < -0.4 is 0 Å². The van der Waals surface area contributed by atoms with Gasteiger partial charge in [-0.25, -0.2) is 0 Å². The average Bonchev–Trinajstić information content (AvgIpc) is 3.29. The number of nitrogens with zero attached hydrogens (tertiary/aromatic N) is 6. The normalized spacial score (nSPS) is 11.5. The molecule has 0 aliphatic carbocycles. The van der Waals surface area contributed by atoms with Crippen LogP contribution in [-0.4, -0.2) is 105 Å². The number of aliphatic imine (C=N–C) groups is 6. The van der Waals surface area contributed by atoms with Gasteiger partial charge in [-0.05, 0) is 107 Å². The number of para-hydroxylation sites is 6. The second-order valence-corrected chi connectivity index (χ2v) is 15.5. The largest absolute Gasteiger partial charge is 0.507 e. The van der Waals surface area contributed by atoms with E-state index in [1.54, 1.807) is 122 Å². The maximum absolute atomic E-state index is 9.84. The van der Waals surface area contributed by atoms with Crippen molar-refractivity contribution >= 4 is 37.3 Å². The molecule has 6 aromatic rings. The Balaban J connectivity index is 0.000000501. The Morgan fingerprint density at radius 1 is 0.309 bits per heavy atom. The average molecular weight is 1460 g/mol. The van der Waals surface area contributed by atoms with Crippen LogP contribution in [0.3, 0.4) is 0 Å². The first-order valence-corrected chi connectivity index (χ1v) is 21.0. The number of rotatable bonds is 16. The molecule has 0 bridgehead atoms. The maximum Gasteiger partial charge on any atom is 0.124 e. The minimum atomic E-state index is -0.504. The van der Waals surface area contributed by atoms with Gasteiger partial charge in [0, 0.05) is 147 Å². The molecule has 0 fully saturated rings. The van der Waals surface area contributed by atoms with Crippen LogP contribution in [0.2, 0.25) is 0 Å². The van der Waals surface area contributed by atoms with Gasteiger partial charge in [-0.2, -0.15) is 0 Å². The smallest absolute Gasteiger partial charge is 0.124 e. The van der Waals surface area contributed by atoms with Crippen molar-refractivity contribution in [2.45, 2.75) is 45.2 Å². The van der Waals surface area contributed by atoms with E-state index in [2.05, 4.69) is 30.0 Å². The van der Waals surface area contributed by atoms with E-state index < -0.39 is 11.1 Å². The molecule has 0 unspecified atom stereocenters. The van der Waals surface area contributed by atoms with Crippen molar-refractivity contribution < 1.29 is 93.8 Å². The first-order chi connectivity index (χ1) is 31.3. The molecule has 0 amide bonds. The second kappa shape index (κ2) is 32.0.